The van der Waals surface area contributed by atoms with Crippen molar-refractivity contribution >= 4 is 24.1 Å². The van der Waals surface area contributed by atoms with Gasteiger partial charge in [-0.15, -0.1) is 12.4 Å². The van der Waals surface area contributed by atoms with Crippen LogP contribution >= 0.6 is 12.4 Å². The molecule has 1 unspecified atom stereocenters. The monoisotopic (exact) mass is 313 g/mol. The zero-order chi connectivity index (χ0) is 14.9. The molecule has 21 heavy (non-hydrogen) atoms. The second-order valence-corrected chi connectivity index (χ2v) is 5.60. The fourth-order valence-corrected chi connectivity index (χ4v) is 2.69. The summed E-state index contributed by atoms with van der Waals surface area (Å²) in [4.78, 5) is 27.0. The van der Waals surface area contributed by atoms with Crippen LogP contribution in [0.4, 0.5) is 0 Å². The van der Waals surface area contributed by atoms with Gasteiger partial charge in [0, 0.05) is 23.8 Å². The summed E-state index contributed by atoms with van der Waals surface area (Å²) in [6, 6.07) is 0.0346. The third kappa shape index (κ3) is 3.86. The Morgan fingerprint density at radius 1 is 1.43 bits per heavy atom. The molecular formula is C15H24ClN3O2. The van der Waals surface area contributed by atoms with Gasteiger partial charge in [-0.2, -0.15) is 0 Å². The van der Waals surface area contributed by atoms with Gasteiger partial charge < -0.3 is 16.0 Å². The second kappa shape index (κ2) is 7.09. The van der Waals surface area contributed by atoms with E-state index in [0.717, 1.165) is 24.1 Å². The van der Waals surface area contributed by atoms with Crippen molar-refractivity contribution in [2.45, 2.75) is 46.1 Å². The van der Waals surface area contributed by atoms with Crippen LogP contribution in [0.15, 0.2) is 0 Å². The molecular weight excluding hydrogens is 290 g/mol. The van der Waals surface area contributed by atoms with E-state index in [1.807, 2.05) is 13.8 Å². The van der Waals surface area contributed by atoms with Crippen molar-refractivity contribution in [2.24, 2.45) is 11.7 Å². The first kappa shape index (κ1) is 17.7. The first-order valence-corrected chi connectivity index (χ1v) is 7.21. The van der Waals surface area contributed by atoms with E-state index in [0.29, 0.717) is 30.1 Å². The van der Waals surface area contributed by atoms with Crippen LogP contribution in [-0.4, -0.2) is 29.3 Å². The molecule has 6 heteroatoms. The van der Waals surface area contributed by atoms with Crippen LogP contribution in [-0.2, 0) is 6.42 Å². The molecule has 1 aliphatic rings. The van der Waals surface area contributed by atoms with Crippen molar-refractivity contribution in [1.29, 1.82) is 0 Å². The number of nitrogens with one attached hydrogen (secondary N) is 2. The second-order valence-electron chi connectivity index (χ2n) is 5.60. The summed E-state index contributed by atoms with van der Waals surface area (Å²) in [5.41, 5.74) is 8.68. The Kier molecular flexibility index (Phi) is 5.98. The highest BCUT2D eigenvalue weighted by atomic mass is 35.5. The minimum atomic E-state index is -0.173. The summed E-state index contributed by atoms with van der Waals surface area (Å²) in [5.74, 6) is 0.372. The first-order chi connectivity index (χ1) is 9.45. The molecule has 1 fully saturated rings. The van der Waals surface area contributed by atoms with E-state index < -0.39 is 0 Å². The standard InChI is InChI=1S/C15H23N3O2.ClH/c1-4-11-13(9(3)19)8(2)18-14(11)15(20)17-7-12(16)10-5-6-10;/h10,12,18H,4-7,16H2,1-3H3,(H,17,20);1H. The largest absolute Gasteiger partial charge is 0.354 e. The average molecular weight is 314 g/mol. The van der Waals surface area contributed by atoms with Crippen LogP contribution in [0.3, 0.4) is 0 Å². The normalized spacial score (nSPS) is 15.2. The number of amides is 1. The van der Waals surface area contributed by atoms with E-state index in [2.05, 4.69) is 10.3 Å². The minimum Gasteiger partial charge on any atom is -0.354 e. The molecule has 118 valence electrons. The summed E-state index contributed by atoms with van der Waals surface area (Å²) in [6.45, 7) is 5.78. The van der Waals surface area contributed by atoms with Crippen LogP contribution in [0, 0.1) is 12.8 Å². The number of carbonyl (C=O) groups is 2. The third-order valence-corrected chi connectivity index (χ3v) is 3.95. The number of ketones is 1. The summed E-state index contributed by atoms with van der Waals surface area (Å²) in [5, 5.41) is 2.87. The molecule has 0 aliphatic heterocycles. The summed E-state index contributed by atoms with van der Waals surface area (Å²) >= 11 is 0. The Bertz CT molecular complexity index is 535. The zero-order valence-electron chi connectivity index (χ0n) is 12.8. The van der Waals surface area contributed by atoms with E-state index in [9.17, 15) is 9.59 Å². The van der Waals surface area contributed by atoms with E-state index in [4.69, 9.17) is 5.73 Å². The Hall–Kier alpha value is -1.33. The van der Waals surface area contributed by atoms with Crippen molar-refractivity contribution in [3.8, 4) is 0 Å². The molecule has 1 saturated carbocycles. The maximum atomic E-state index is 12.3. The highest BCUT2D eigenvalue weighted by Gasteiger charge is 2.29. The van der Waals surface area contributed by atoms with Gasteiger partial charge in [0.25, 0.3) is 5.91 Å². The number of aromatic amines is 1. The Labute approximate surface area is 131 Å². The van der Waals surface area contributed by atoms with Crippen LogP contribution in [0.2, 0.25) is 0 Å². The number of halogens is 1. The molecule has 0 saturated heterocycles. The van der Waals surface area contributed by atoms with Gasteiger partial charge in [0.1, 0.15) is 5.69 Å². The Morgan fingerprint density at radius 2 is 2.05 bits per heavy atom. The van der Waals surface area contributed by atoms with Gasteiger partial charge in [-0.05, 0) is 44.6 Å². The Morgan fingerprint density at radius 3 is 2.52 bits per heavy atom. The van der Waals surface area contributed by atoms with Crippen LogP contribution < -0.4 is 11.1 Å². The van der Waals surface area contributed by atoms with E-state index in [1.54, 1.807) is 0 Å². The average Bonchev–Trinajstić information content (AvgIpc) is 3.18. The summed E-state index contributed by atoms with van der Waals surface area (Å²) in [7, 11) is 0. The first-order valence-electron chi connectivity index (χ1n) is 7.21. The molecule has 0 aromatic carbocycles. The van der Waals surface area contributed by atoms with Crippen LogP contribution in [0.5, 0.6) is 0 Å². The molecule has 1 aromatic rings. The van der Waals surface area contributed by atoms with Gasteiger partial charge in [0.15, 0.2) is 5.78 Å². The van der Waals surface area contributed by atoms with E-state index in [-0.39, 0.29) is 30.1 Å². The van der Waals surface area contributed by atoms with Crippen molar-refractivity contribution in [1.82, 2.24) is 10.3 Å². The lowest BCUT2D eigenvalue weighted by Crippen LogP contribution is -2.39. The molecule has 1 aromatic heterocycles. The number of H-pyrrole nitrogens is 1. The summed E-state index contributed by atoms with van der Waals surface area (Å²) in [6.07, 6.45) is 2.97. The molecule has 1 aliphatic carbocycles. The number of hydrogen-bond acceptors (Lipinski definition) is 3. The number of aromatic nitrogens is 1. The fraction of sp³-hybridized carbons (Fsp3) is 0.600. The fourth-order valence-electron chi connectivity index (χ4n) is 2.69. The Balaban J connectivity index is 0.00000220. The van der Waals surface area contributed by atoms with Gasteiger partial charge >= 0.3 is 0 Å². The third-order valence-electron chi connectivity index (χ3n) is 3.95. The van der Waals surface area contributed by atoms with Crippen LogP contribution in [0.1, 0.15) is 58.8 Å². The highest BCUT2D eigenvalue weighted by molar-refractivity contribution is 6.02. The van der Waals surface area contributed by atoms with Gasteiger partial charge in [0.05, 0.1) is 0 Å². The highest BCUT2D eigenvalue weighted by Crippen LogP contribution is 2.31. The topological polar surface area (TPSA) is 88.0 Å². The number of hydrogen-bond donors (Lipinski definition) is 3. The van der Waals surface area contributed by atoms with Crippen molar-refractivity contribution in [3.05, 3.63) is 22.5 Å². The molecule has 1 amide bonds. The lowest BCUT2D eigenvalue weighted by molar-refractivity contribution is 0.0944. The van der Waals surface area contributed by atoms with Gasteiger partial charge in [-0.1, -0.05) is 6.92 Å². The predicted molar refractivity (Wildman–Crippen MR) is 85.2 cm³/mol. The molecule has 5 nitrogen and oxygen atoms in total. The van der Waals surface area contributed by atoms with E-state index in [1.165, 1.54) is 6.92 Å². The quantitative estimate of drug-likeness (QED) is 0.702. The number of aryl methyl sites for hydroxylation is 1. The zero-order valence-corrected chi connectivity index (χ0v) is 13.6. The molecule has 0 bridgehead atoms. The van der Waals surface area contributed by atoms with Gasteiger partial charge in [-0.25, -0.2) is 0 Å². The van der Waals surface area contributed by atoms with E-state index >= 15 is 0 Å². The minimum absolute atomic E-state index is 0. The van der Waals surface area contributed by atoms with Crippen molar-refractivity contribution in [3.63, 3.8) is 0 Å². The predicted octanol–water partition coefficient (Wildman–Crippen LogP) is 1.98. The maximum absolute atomic E-state index is 12.3. The molecule has 1 heterocycles. The van der Waals surface area contributed by atoms with Gasteiger partial charge in [-0.3, -0.25) is 9.59 Å². The molecule has 4 N–H and O–H groups in total. The number of rotatable bonds is 6. The number of nitrogens with two attached hydrogens (primary N) is 1. The van der Waals surface area contributed by atoms with Gasteiger partial charge in [0.2, 0.25) is 0 Å². The van der Waals surface area contributed by atoms with Crippen LogP contribution in [0.25, 0.3) is 0 Å². The maximum Gasteiger partial charge on any atom is 0.268 e. The van der Waals surface area contributed by atoms with Crippen molar-refractivity contribution < 1.29 is 9.59 Å². The molecule has 1 atom stereocenters. The SMILES string of the molecule is CCc1c(C(=O)NCC(N)C2CC2)[nH]c(C)c1C(C)=O.Cl. The molecule has 2 rings (SSSR count). The summed E-state index contributed by atoms with van der Waals surface area (Å²) < 4.78 is 0. The number of Topliss-reactive ketones (excluding diaryl/α,β-unsaturated/α-hetero) is 1. The van der Waals surface area contributed by atoms with Crippen molar-refractivity contribution in [2.75, 3.05) is 6.54 Å². The lowest BCUT2D eigenvalue weighted by Gasteiger charge is -2.11. The molecule has 0 radical (unpaired) electrons. The smallest absolute Gasteiger partial charge is 0.268 e. The molecule has 0 spiro atoms. The lowest BCUT2D eigenvalue weighted by atomic mass is 10.0. The number of carbonyl (C=O) groups excluding carboxylic acids is 2.